The van der Waals surface area contributed by atoms with Crippen LogP contribution < -0.4 is 5.32 Å². The fraction of sp³-hybridized carbons (Fsp3) is 0.571. The largest absolute Gasteiger partial charge is 0.313 e. The lowest BCUT2D eigenvalue weighted by Crippen LogP contribution is -2.14. The van der Waals surface area contributed by atoms with Crippen LogP contribution in [0.1, 0.15) is 44.6 Å². The van der Waals surface area contributed by atoms with E-state index < -0.39 is 0 Å². The number of non-ortho nitro benzene ring substituents is 1. The zero-order chi connectivity index (χ0) is 13.2. The standard InChI is InChI=1S/C14H22N2O2/c1-2-3-4-5-6-11-15-12-13-7-9-14(10-8-13)16(17)18/h7-10,15H,2-6,11-12H2,1H3. The van der Waals surface area contributed by atoms with Gasteiger partial charge in [-0.25, -0.2) is 0 Å². The molecule has 0 heterocycles. The van der Waals surface area contributed by atoms with Crippen molar-refractivity contribution in [2.45, 2.75) is 45.6 Å². The van der Waals surface area contributed by atoms with Crippen LogP contribution in [0.15, 0.2) is 24.3 Å². The Balaban J connectivity index is 2.14. The van der Waals surface area contributed by atoms with Gasteiger partial charge in [-0.15, -0.1) is 0 Å². The molecule has 0 bridgehead atoms. The number of rotatable bonds is 9. The van der Waals surface area contributed by atoms with E-state index in [-0.39, 0.29) is 10.6 Å². The number of benzene rings is 1. The Labute approximate surface area is 109 Å². The molecule has 4 nitrogen and oxygen atoms in total. The van der Waals surface area contributed by atoms with E-state index in [2.05, 4.69) is 12.2 Å². The molecule has 1 aromatic rings. The van der Waals surface area contributed by atoms with Gasteiger partial charge in [-0.2, -0.15) is 0 Å². The maximum absolute atomic E-state index is 10.5. The van der Waals surface area contributed by atoms with E-state index in [1.807, 2.05) is 12.1 Å². The van der Waals surface area contributed by atoms with Gasteiger partial charge in [-0.3, -0.25) is 10.1 Å². The monoisotopic (exact) mass is 250 g/mol. The van der Waals surface area contributed by atoms with Crippen LogP contribution in [0.3, 0.4) is 0 Å². The Morgan fingerprint density at radius 1 is 1.11 bits per heavy atom. The molecule has 0 atom stereocenters. The summed E-state index contributed by atoms with van der Waals surface area (Å²) in [4.78, 5) is 10.1. The highest BCUT2D eigenvalue weighted by molar-refractivity contribution is 5.32. The Hall–Kier alpha value is -1.42. The van der Waals surface area contributed by atoms with E-state index >= 15 is 0 Å². The van der Waals surface area contributed by atoms with E-state index in [1.54, 1.807) is 12.1 Å². The normalized spacial score (nSPS) is 10.5. The van der Waals surface area contributed by atoms with Crippen molar-refractivity contribution in [1.82, 2.24) is 5.32 Å². The van der Waals surface area contributed by atoms with Gasteiger partial charge in [0.05, 0.1) is 4.92 Å². The van der Waals surface area contributed by atoms with Crippen LogP contribution in [0.25, 0.3) is 0 Å². The maximum atomic E-state index is 10.5. The Bertz CT molecular complexity index is 349. The second-order valence-electron chi connectivity index (χ2n) is 4.51. The third-order valence-electron chi connectivity index (χ3n) is 2.93. The Morgan fingerprint density at radius 3 is 2.39 bits per heavy atom. The van der Waals surface area contributed by atoms with Crippen LogP contribution >= 0.6 is 0 Å². The van der Waals surface area contributed by atoms with Gasteiger partial charge in [-0.1, -0.05) is 44.7 Å². The van der Waals surface area contributed by atoms with Gasteiger partial charge in [-0.05, 0) is 18.5 Å². The van der Waals surface area contributed by atoms with Crippen molar-refractivity contribution in [2.24, 2.45) is 0 Å². The zero-order valence-electron chi connectivity index (χ0n) is 11.0. The summed E-state index contributed by atoms with van der Waals surface area (Å²) in [5.74, 6) is 0. The SMILES string of the molecule is CCCCCCCNCc1ccc([N+](=O)[O-])cc1. The summed E-state index contributed by atoms with van der Waals surface area (Å²) >= 11 is 0. The van der Waals surface area contributed by atoms with Gasteiger partial charge in [0, 0.05) is 18.7 Å². The van der Waals surface area contributed by atoms with Gasteiger partial charge in [0.25, 0.3) is 5.69 Å². The second kappa shape index (κ2) is 8.64. The van der Waals surface area contributed by atoms with Gasteiger partial charge >= 0.3 is 0 Å². The molecular formula is C14H22N2O2. The predicted molar refractivity (Wildman–Crippen MR) is 73.6 cm³/mol. The fourth-order valence-electron chi connectivity index (χ4n) is 1.82. The molecular weight excluding hydrogens is 228 g/mol. The number of nitro benzene ring substituents is 1. The number of hydrogen-bond acceptors (Lipinski definition) is 3. The Morgan fingerprint density at radius 2 is 1.78 bits per heavy atom. The van der Waals surface area contributed by atoms with Gasteiger partial charge in [0.1, 0.15) is 0 Å². The van der Waals surface area contributed by atoms with Crippen molar-refractivity contribution >= 4 is 5.69 Å². The van der Waals surface area contributed by atoms with Crippen LogP contribution in [0.2, 0.25) is 0 Å². The van der Waals surface area contributed by atoms with Crippen LogP contribution in [0.4, 0.5) is 5.69 Å². The fourth-order valence-corrected chi connectivity index (χ4v) is 1.82. The maximum Gasteiger partial charge on any atom is 0.269 e. The number of nitrogens with one attached hydrogen (secondary N) is 1. The first-order valence-corrected chi connectivity index (χ1v) is 6.68. The summed E-state index contributed by atoms with van der Waals surface area (Å²) in [7, 11) is 0. The first kappa shape index (κ1) is 14.6. The quantitative estimate of drug-likeness (QED) is 0.413. The lowest BCUT2D eigenvalue weighted by atomic mass is 10.1. The molecule has 0 aromatic heterocycles. The highest BCUT2D eigenvalue weighted by atomic mass is 16.6. The molecule has 4 heteroatoms. The molecule has 1 N–H and O–H groups in total. The first-order valence-electron chi connectivity index (χ1n) is 6.68. The van der Waals surface area contributed by atoms with E-state index in [9.17, 15) is 10.1 Å². The van der Waals surface area contributed by atoms with E-state index in [0.717, 1.165) is 18.7 Å². The van der Waals surface area contributed by atoms with Crippen molar-refractivity contribution in [3.05, 3.63) is 39.9 Å². The summed E-state index contributed by atoms with van der Waals surface area (Å²) in [5, 5.41) is 13.8. The summed E-state index contributed by atoms with van der Waals surface area (Å²) < 4.78 is 0. The predicted octanol–water partition coefficient (Wildman–Crippen LogP) is 3.65. The van der Waals surface area contributed by atoms with Crippen molar-refractivity contribution in [3.63, 3.8) is 0 Å². The third kappa shape index (κ3) is 5.77. The molecule has 0 spiro atoms. The molecule has 0 aliphatic rings. The lowest BCUT2D eigenvalue weighted by Gasteiger charge is -2.04. The molecule has 0 radical (unpaired) electrons. The molecule has 0 aliphatic carbocycles. The highest BCUT2D eigenvalue weighted by Crippen LogP contribution is 2.11. The molecule has 18 heavy (non-hydrogen) atoms. The minimum atomic E-state index is -0.370. The van der Waals surface area contributed by atoms with Crippen LogP contribution in [-0.4, -0.2) is 11.5 Å². The minimum absolute atomic E-state index is 0.151. The number of nitro groups is 1. The summed E-state index contributed by atoms with van der Waals surface area (Å²) in [6.45, 7) is 4.01. The molecule has 0 amide bonds. The van der Waals surface area contributed by atoms with Crippen molar-refractivity contribution in [1.29, 1.82) is 0 Å². The molecule has 100 valence electrons. The topological polar surface area (TPSA) is 55.2 Å². The van der Waals surface area contributed by atoms with E-state index in [4.69, 9.17) is 0 Å². The molecule has 0 fully saturated rings. The highest BCUT2D eigenvalue weighted by Gasteiger charge is 2.03. The molecule has 0 unspecified atom stereocenters. The number of nitrogens with zero attached hydrogens (tertiary/aromatic N) is 1. The van der Waals surface area contributed by atoms with Crippen molar-refractivity contribution in [3.8, 4) is 0 Å². The van der Waals surface area contributed by atoms with E-state index in [0.29, 0.717) is 0 Å². The van der Waals surface area contributed by atoms with Crippen LogP contribution in [-0.2, 0) is 6.54 Å². The van der Waals surface area contributed by atoms with Gasteiger partial charge < -0.3 is 5.32 Å². The van der Waals surface area contributed by atoms with Crippen molar-refractivity contribution in [2.75, 3.05) is 6.54 Å². The third-order valence-corrected chi connectivity index (χ3v) is 2.93. The molecule has 0 saturated carbocycles. The number of hydrogen-bond donors (Lipinski definition) is 1. The van der Waals surface area contributed by atoms with E-state index in [1.165, 1.54) is 32.1 Å². The summed E-state index contributed by atoms with van der Waals surface area (Å²) in [6, 6.07) is 6.72. The summed E-state index contributed by atoms with van der Waals surface area (Å²) in [5.41, 5.74) is 1.24. The molecule has 0 aliphatic heterocycles. The first-order chi connectivity index (χ1) is 8.74. The molecule has 0 saturated heterocycles. The number of unbranched alkanes of at least 4 members (excludes halogenated alkanes) is 4. The average molecular weight is 250 g/mol. The van der Waals surface area contributed by atoms with Crippen molar-refractivity contribution < 1.29 is 4.92 Å². The summed E-state index contributed by atoms with van der Waals surface area (Å²) in [6.07, 6.45) is 6.39. The van der Waals surface area contributed by atoms with Crippen LogP contribution in [0, 0.1) is 10.1 Å². The lowest BCUT2D eigenvalue weighted by molar-refractivity contribution is -0.384. The van der Waals surface area contributed by atoms with Gasteiger partial charge in [0.2, 0.25) is 0 Å². The van der Waals surface area contributed by atoms with Gasteiger partial charge in [0.15, 0.2) is 0 Å². The smallest absolute Gasteiger partial charge is 0.269 e. The average Bonchev–Trinajstić information content (AvgIpc) is 2.38. The molecule has 1 aromatic carbocycles. The minimum Gasteiger partial charge on any atom is -0.313 e. The second-order valence-corrected chi connectivity index (χ2v) is 4.51. The van der Waals surface area contributed by atoms with Crippen LogP contribution in [0.5, 0.6) is 0 Å². The Kier molecular flexibility index (Phi) is 7.03. The zero-order valence-corrected chi connectivity index (χ0v) is 11.0. The molecule has 1 rings (SSSR count).